The smallest absolute Gasteiger partial charge is 0.237 e. The van der Waals surface area contributed by atoms with E-state index in [2.05, 4.69) is 10.6 Å². The lowest BCUT2D eigenvalue weighted by Crippen LogP contribution is -2.46. The number of piperidine rings is 1. The Morgan fingerprint density at radius 3 is 2.78 bits per heavy atom. The highest BCUT2D eigenvalue weighted by Crippen LogP contribution is 2.10. The zero-order valence-corrected chi connectivity index (χ0v) is 10.5. The minimum Gasteiger partial charge on any atom is -0.392 e. The van der Waals surface area contributed by atoms with Crippen LogP contribution in [-0.2, 0) is 17.9 Å². The highest BCUT2D eigenvalue weighted by molar-refractivity contribution is 5.81. The molecule has 0 bridgehead atoms. The maximum atomic E-state index is 11.9. The van der Waals surface area contributed by atoms with Crippen LogP contribution in [0.4, 0.5) is 0 Å². The van der Waals surface area contributed by atoms with E-state index in [1.807, 2.05) is 24.3 Å². The summed E-state index contributed by atoms with van der Waals surface area (Å²) in [4.78, 5) is 11.9. The van der Waals surface area contributed by atoms with Crippen molar-refractivity contribution in [2.75, 3.05) is 6.54 Å². The van der Waals surface area contributed by atoms with E-state index in [0.717, 1.165) is 36.9 Å². The fourth-order valence-corrected chi connectivity index (χ4v) is 2.27. The van der Waals surface area contributed by atoms with Gasteiger partial charge in [0, 0.05) is 6.54 Å². The van der Waals surface area contributed by atoms with Crippen LogP contribution in [0.3, 0.4) is 0 Å². The Kier molecular flexibility index (Phi) is 4.73. The largest absolute Gasteiger partial charge is 0.392 e. The Morgan fingerprint density at radius 1 is 1.33 bits per heavy atom. The molecule has 4 nitrogen and oxygen atoms in total. The number of hydrogen-bond acceptors (Lipinski definition) is 3. The van der Waals surface area contributed by atoms with Crippen LogP contribution in [0.2, 0.25) is 0 Å². The molecule has 0 saturated carbocycles. The molecule has 1 aromatic carbocycles. The summed E-state index contributed by atoms with van der Waals surface area (Å²) in [6.07, 6.45) is 3.17. The van der Waals surface area contributed by atoms with Crippen LogP contribution in [0.25, 0.3) is 0 Å². The predicted octanol–water partition coefficient (Wildman–Crippen LogP) is 0.937. The topological polar surface area (TPSA) is 61.4 Å². The van der Waals surface area contributed by atoms with Crippen molar-refractivity contribution in [3.8, 4) is 0 Å². The number of aliphatic hydroxyl groups is 1. The summed E-state index contributed by atoms with van der Waals surface area (Å²) >= 11 is 0. The monoisotopic (exact) mass is 248 g/mol. The molecule has 18 heavy (non-hydrogen) atoms. The average molecular weight is 248 g/mol. The molecule has 4 heteroatoms. The number of hydrogen-bond donors (Lipinski definition) is 3. The number of amides is 1. The Labute approximate surface area is 107 Å². The number of benzene rings is 1. The Morgan fingerprint density at radius 2 is 2.11 bits per heavy atom. The molecule has 0 unspecified atom stereocenters. The van der Waals surface area contributed by atoms with E-state index >= 15 is 0 Å². The first-order valence-electron chi connectivity index (χ1n) is 6.50. The van der Waals surface area contributed by atoms with E-state index < -0.39 is 0 Å². The van der Waals surface area contributed by atoms with Crippen molar-refractivity contribution in [3.05, 3.63) is 35.4 Å². The molecule has 1 aromatic rings. The van der Waals surface area contributed by atoms with Gasteiger partial charge in [-0.15, -0.1) is 0 Å². The van der Waals surface area contributed by atoms with Gasteiger partial charge in [-0.1, -0.05) is 30.7 Å². The van der Waals surface area contributed by atoms with Crippen molar-refractivity contribution in [2.24, 2.45) is 0 Å². The number of nitrogens with one attached hydrogen (secondary N) is 2. The first kappa shape index (κ1) is 13.1. The molecule has 1 aliphatic heterocycles. The second-order valence-electron chi connectivity index (χ2n) is 4.65. The highest BCUT2D eigenvalue weighted by Gasteiger charge is 2.19. The third-order valence-corrected chi connectivity index (χ3v) is 3.37. The van der Waals surface area contributed by atoms with E-state index in [1.165, 1.54) is 0 Å². The number of carbonyl (C=O) groups is 1. The van der Waals surface area contributed by atoms with Crippen LogP contribution in [-0.4, -0.2) is 23.6 Å². The van der Waals surface area contributed by atoms with Gasteiger partial charge in [0.25, 0.3) is 0 Å². The molecule has 98 valence electrons. The van der Waals surface area contributed by atoms with Gasteiger partial charge in [0.05, 0.1) is 12.6 Å². The van der Waals surface area contributed by atoms with Gasteiger partial charge < -0.3 is 15.7 Å². The summed E-state index contributed by atoms with van der Waals surface area (Å²) in [5, 5.41) is 15.4. The standard InChI is InChI=1S/C14H20N2O2/c17-10-12-6-2-1-5-11(12)9-16-14(18)13-7-3-4-8-15-13/h1-2,5-6,13,15,17H,3-4,7-10H2,(H,16,18)/t13-/m1/s1. The molecule has 0 aromatic heterocycles. The van der Waals surface area contributed by atoms with E-state index in [1.54, 1.807) is 0 Å². The molecule has 2 rings (SSSR count). The quantitative estimate of drug-likeness (QED) is 0.743. The van der Waals surface area contributed by atoms with Gasteiger partial charge in [0.15, 0.2) is 0 Å². The molecule has 1 aliphatic rings. The molecule has 1 heterocycles. The van der Waals surface area contributed by atoms with Crippen LogP contribution >= 0.6 is 0 Å². The molecule has 0 spiro atoms. The van der Waals surface area contributed by atoms with Crippen molar-refractivity contribution < 1.29 is 9.90 Å². The predicted molar refractivity (Wildman–Crippen MR) is 69.9 cm³/mol. The normalized spacial score (nSPS) is 19.5. The highest BCUT2D eigenvalue weighted by atomic mass is 16.3. The summed E-state index contributed by atoms with van der Waals surface area (Å²) in [6.45, 7) is 1.41. The van der Waals surface area contributed by atoms with Gasteiger partial charge >= 0.3 is 0 Å². The van der Waals surface area contributed by atoms with E-state index in [-0.39, 0.29) is 18.6 Å². The van der Waals surface area contributed by atoms with Crippen molar-refractivity contribution in [3.63, 3.8) is 0 Å². The molecular formula is C14H20N2O2. The maximum absolute atomic E-state index is 11.9. The molecule has 0 aliphatic carbocycles. The molecule has 1 amide bonds. The fraction of sp³-hybridized carbons (Fsp3) is 0.500. The minimum atomic E-state index is -0.0555. The van der Waals surface area contributed by atoms with Crippen LogP contribution in [0.1, 0.15) is 30.4 Å². The second-order valence-corrected chi connectivity index (χ2v) is 4.65. The zero-order chi connectivity index (χ0) is 12.8. The zero-order valence-electron chi connectivity index (χ0n) is 10.5. The lowest BCUT2D eigenvalue weighted by molar-refractivity contribution is -0.123. The molecular weight excluding hydrogens is 228 g/mol. The lowest BCUT2D eigenvalue weighted by atomic mass is 10.0. The Balaban J connectivity index is 1.88. The van der Waals surface area contributed by atoms with Gasteiger partial charge in [0.1, 0.15) is 0 Å². The first-order chi connectivity index (χ1) is 8.81. The molecule has 1 fully saturated rings. The molecule has 3 N–H and O–H groups in total. The van der Waals surface area contributed by atoms with Crippen LogP contribution in [0.15, 0.2) is 24.3 Å². The number of carbonyl (C=O) groups excluding carboxylic acids is 1. The van der Waals surface area contributed by atoms with E-state index in [0.29, 0.717) is 6.54 Å². The van der Waals surface area contributed by atoms with Crippen molar-refractivity contribution in [1.82, 2.24) is 10.6 Å². The average Bonchev–Trinajstić information content (AvgIpc) is 2.46. The Bertz CT molecular complexity index is 401. The Hall–Kier alpha value is -1.39. The fourth-order valence-electron chi connectivity index (χ4n) is 2.27. The summed E-state index contributed by atoms with van der Waals surface area (Å²) in [6, 6.07) is 7.56. The number of rotatable bonds is 4. The van der Waals surface area contributed by atoms with Gasteiger partial charge in [-0.2, -0.15) is 0 Å². The van der Waals surface area contributed by atoms with Crippen LogP contribution in [0, 0.1) is 0 Å². The lowest BCUT2D eigenvalue weighted by Gasteiger charge is -2.22. The molecule has 0 radical (unpaired) electrons. The molecule has 1 saturated heterocycles. The van der Waals surface area contributed by atoms with Gasteiger partial charge in [-0.25, -0.2) is 0 Å². The van der Waals surface area contributed by atoms with E-state index in [4.69, 9.17) is 0 Å². The summed E-state index contributed by atoms with van der Waals surface area (Å²) in [5.74, 6) is 0.0578. The summed E-state index contributed by atoms with van der Waals surface area (Å²) in [7, 11) is 0. The van der Waals surface area contributed by atoms with Crippen molar-refractivity contribution in [2.45, 2.75) is 38.5 Å². The van der Waals surface area contributed by atoms with Gasteiger partial charge in [-0.05, 0) is 30.5 Å². The van der Waals surface area contributed by atoms with Gasteiger partial charge in [0.2, 0.25) is 5.91 Å². The van der Waals surface area contributed by atoms with Crippen molar-refractivity contribution >= 4 is 5.91 Å². The summed E-state index contributed by atoms with van der Waals surface area (Å²) < 4.78 is 0. The summed E-state index contributed by atoms with van der Waals surface area (Å²) in [5.41, 5.74) is 1.85. The maximum Gasteiger partial charge on any atom is 0.237 e. The third-order valence-electron chi connectivity index (χ3n) is 3.37. The first-order valence-corrected chi connectivity index (χ1v) is 6.50. The van der Waals surface area contributed by atoms with Gasteiger partial charge in [-0.3, -0.25) is 4.79 Å². The van der Waals surface area contributed by atoms with Crippen molar-refractivity contribution in [1.29, 1.82) is 0 Å². The third kappa shape index (κ3) is 3.31. The number of aliphatic hydroxyl groups excluding tert-OH is 1. The van der Waals surface area contributed by atoms with Crippen LogP contribution in [0.5, 0.6) is 0 Å². The SMILES string of the molecule is O=C(NCc1ccccc1CO)[C@H]1CCCCN1. The minimum absolute atomic E-state index is 0.00766. The van der Waals surface area contributed by atoms with E-state index in [9.17, 15) is 9.90 Å². The second kappa shape index (κ2) is 6.52. The molecule has 1 atom stereocenters. The van der Waals surface area contributed by atoms with Crippen LogP contribution < -0.4 is 10.6 Å².